The first-order valence-electron chi connectivity index (χ1n) is 7.32. The maximum absolute atomic E-state index is 11.7. The molecule has 2 amide bonds. The van der Waals surface area contributed by atoms with Gasteiger partial charge in [-0.1, -0.05) is 12.1 Å². The molecule has 0 aliphatic carbocycles. The van der Waals surface area contributed by atoms with Gasteiger partial charge in [0.2, 0.25) is 5.91 Å². The predicted molar refractivity (Wildman–Crippen MR) is 84.2 cm³/mol. The molecule has 0 saturated heterocycles. The van der Waals surface area contributed by atoms with Gasteiger partial charge in [-0.25, -0.2) is 0 Å². The van der Waals surface area contributed by atoms with Crippen LogP contribution in [-0.4, -0.2) is 23.5 Å². The normalized spacial score (nSPS) is 10.2. The van der Waals surface area contributed by atoms with E-state index in [-0.39, 0.29) is 24.1 Å². The lowest BCUT2D eigenvalue weighted by molar-refractivity contribution is -0.114. The number of hydrogen-bond donors (Lipinski definition) is 2. The van der Waals surface area contributed by atoms with Crippen LogP contribution in [0.2, 0.25) is 0 Å². The lowest BCUT2D eigenvalue weighted by atomic mass is 10.3. The van der Waals surface area contributed by atoms with Gasteiger partial charge in [-0.05, 0) is 30.7 Å². The summed E-state index contributed by atoms with van der Waals surface area (Å²) < 4.78 is 10.6. The molecule has 1 aromatic carbocycles. The van der Waals surface area contributed by atoms with Crippen molar-refractivity contribution in [2.24, 2.45) is 0 Å². The molecule has 2 rings (SSSR count). The smallest absolute Gasteiger partial charge is 0.273 e. The Labute approximate surface area is 134 Å². The summed E-state index contributed by atoms with van der Waals surface area (Å²) in [5.41, 5.74) is 0.928. The Kier molecular flexibility index (Phi) is 5.74. The fourth-order valence-corrected chi connectivity index (χ4v) is 1.81. The van der Waals surface area contributed by atoms with E-state index in [1.165, 1.54) is 6.92 Å². The van der Waals surface area contributed by atoms with Crippen molar-refractivity contribution >= 4 is 17.5 Å². The zero-order valence-corrected chi connectivity index (χ0v) is 13.1. The molecule has 0 atom stereocenters. The van der Waals surface area contributed by atoms with Gasteiger partial charge in [-0.3, -0.25) is 9.59 Å². The van der Waals surface area contributed by atoms with Crippen LogP contribution in [-0.2, 0) is 11.4 Å². The number of nitrogens with one attached hydrogen (secondary N) is 2. The van der Waals surface area contributed by atoms with Gasteiger partial charge in [0.05, 0.1) is 0 Å². The van der Waals surface area contributed by atoms with E-state index >= 15 is 0 Å². The van der Waals surface area contributed by atoms with Gasteiger partial charge >= 0.3 is 0 Å². The number of carbonyl (C=O) groups excluding carboxylic acids is 2. The van der Waals surface area contributed by atoms with Crippen molar-refractivity contribution in [3.8, 4) is 5.75 Å². The van der Waals surface area contributed by atoms with Crippen molar-refractivity contribution < 1.29 is 18.8 Å². The Morgan fingerprint density at radius 1 is 1.26 bits per heavy atom. The first kappa shape index (κ1) is 16.5. The minimum atomic E-state index is -0.262. The average molecular weight is 317 g/mol. The lowest BCUT2D eigenvalue weighted by Gasteiger charge is -2.05. The number of aromatic nitrogens is 1. The van der Waals surface area contributed by atoms with Crippen molar-refractivity contribution in [3.05, 3.63) is 41.8 Å². The van der Waals surface area contributed by atoms with Crippen LogP contribution in [0.3, 0.4) is 0 Å². The van der Waals surface area contributed by atoms with Crippen molar-refractivity contribution in [1.29, 1.82) is 0 Å². The predicted octanol–water partition coefficient (Wildman–Crippen LogP) is 2.35. The van der Waals surface area contributed by atoms with E-state index in [1.54, 1.807) is 30.3 Å². The van der Waals surface area contributed by atoms with Crippen LogP contribution in [0.1, 0.15) is 36.5 Å². The summed E-state index contributed by atoms with van der Waals surface area (Å²) in [6.45, 7) is 4.17. The highest BCUT2D eigenvalue weighted by atomic mass is 16.5. The molecule has 0 aliphatic heterocycles. The number of rotatable bonds is 7. The number of anilines is 1. The highest BCUT2D eigenvalue weighted by Crippen LogP contribution is 2.17. The summed E-state index contributed by atoms with van der Waals surface area (Å²) in [6.07, 6.45) is 0.855. The molecule has 0 spiro atoms. The van der Waals surface area contributed by atoms with Crippen LogP contribution in [0.15, 0.2) is 34.9 Å². The number of benzene rings is 1. The number of nitrogens with zero attached hydrogens (tertiary/aromatic N) is 1. The lowest BCUT2D eigenvalue weighted by Crippen LogP contribution is -2.24. The molecule has 1 aromatic heterocycles. The van der Waals surface area contributed by atoms with Gasteiger partial charge in [0.1, 0.15) is 12.4 Å². The number of amides is 2. The first-order valence-corrected chi connectivity index (χ1v) is 7.32. The highest BCUT2D eigenvalue weighted by molar-refractivity contribution is 5.92. The van der Waals surface area contributed by atoms with Crippen molar-refractivity contribution in [2.45, 2.75) is 26.9 Å². The summed E-state index contributed by atoms with van der Waals surface area (Å²) in [5, 5.41) is 9.11. The Hall–Kier alpha value is -2.83. The maximum Gasteiger partial charge on any atom is 0.273 e. The topological polar surface area (TPSA) is 93.5 Å². The molecule has 0 aliphatic rings. The van der Waals surface area contributed by atoms with Gasteiger partial charge in [0.15, 0.2) is 11.5 Å². The van der Waals surface area contributed by atoms with E-state index in [2.05, 4.69) is 15.8 Å². The molecular weight excluding hydrogens is 298 g/mol. The van der Waals surface area contributed by atoms with Crippen molar-refractivity contribution in [3.63, 3.8) is 0 Å². The molecule has 1 heterocycles. The van der Waals surface area contributed by atoms with E-state index in [0.29, 0.717) is 23.7 Å². The molecular formula is C16H19N3O4. The summed E-state index contributed by atoms with van der Waals surface area (Å²) in [6, 6.07) is 8.49. The van der Waals surface area contributed by atoms with Gasteiger partial charge in [-0.2, -0.15) is 0 Å². The third-order valence-electron chi connectivity index (χ3n) is 2.88. The van der Waals surface area contributed by atoms with Crippen LogP contribution in [0.4, 0.5) is 5.69 Å². The minimum Gasteiger partial charge on any atom is -0.486 e. The molecule has 23 heavy (non-hydrogen) atoms. The van der Waals surface area contributed by atoms with Crippen LogP contribution in [0, 0.1) is 0 Å². The molecule has 7 heteroatoms. The zero-order chi connectivity index (χ0) is 16.7. The fraction of sp³-hybridized carbons (Fsp3) is 0.312. The summed E-state index contributed by atoms with van der Waals surface area (Å²) >= 11 is 0. The minimum absolute atomic E-state index is 0.130. The van der Waals surface area contributed by atoms with E-state index in [0.717, 1.165) is 6.42 Å². The second-order valence-electron chi connectivity index (χ2n) is 4.93. The second-order valence-corrected chi connectivity index (χ2v) is 4.93. The summed E-state index contributed by atoms with van der Waals surface area (Å²) in [7, 11) is 0. The van der Waals surface area contributed by atoms with Gasteiger partial charge in [0, 0.05) is 25.2 Å². The summed E-state index contributed by atoms with van der Waals surface area (Å²) in [5.74, 6) is 0.681. The third-order valence-corrected chi connectivity index (χ3v) is 2.88. The quantitative estimate of drug-likeness (QED) is 0.817. The Morgan fingerprint density at radius 2 is 2.00 bits per heavy atom. The Balaban J connectivity index is 1.87. The SMILES string of the molecule is CCCNC(=O)c1cc(COc2ccc(NC(C)=O)cc2)on1. The molecule has 0 fully saturated rings. The van der Waals surface area contributed by atoms with Crippen LogP contribution < -0.4 is 15.4 Å². The first-order chi connectivity index (χ1) is 11.1. The van der Waals surface area contributed by atoms with Crippen LogP contribution >= 0.6 is 0 Å². The molecule has 0 bridgehead atoms. The molecule has 2 N–H and O–H groups in total. The largest absolute Gasteiger partial charge is 0.486 e. The van der Waals surface area contributed by atoms with Crippen molar-refractivity contribution in [1.82, 2.24) is 10.5 Å². The number of carbonyl (C=O) groups is 2. The zero-order valence-electron chi connectivity index (χ0n) is 13.1. The Morgan fingerprint density at radius 3 is 2.65 bits per heavy atom. The monoisotopic (exact) mass is 317 g/mol. The molecule has 122 valence electrons. The van der Waals surface area contributed by atoms with Crippen molar-refractivity contribution in [2.75, 3.05) is 11.9 Å². The molecule has 7 nitrogen and oxygen atoms in total. The van der Waals surface area contributed by atoms with E-state index < -0.39 is 0 Å². The van der Waals surface area contributed by atoms with Crippen LogP contribution in [0.5, 0.6) is 5.75 Å². The highest BCUT2D eigenvalue weighted by Gasteiger charge is 2.12. The average Bonchev–Trinajstić information content (AvgIpc) is 3.00. The number of hydrogen-bond acceptors (Lipinski definition) is 5. The fourth-order valence-electron chi connectivity index (χ4n) is 1.81. The number of ether oxygens (including phenoxy) is 1. The molecule has 0 radical (unpaired) electrons. The second kappa shape index (κ2) is 7.98. The maximum atomic E-state index is 11.7. The molecule has 2 aromatic rings. The van der Waals surface area contributed by atoms with Gasteiger partial charge in [0.25, 0.3) is 5.91 Å². The van der Waals surface area contributed by atoms with Gasteiger partial charge < -0.3 is 19.9 Å². The van der Waals surface area contributed by atoms with Crippen LogP contribution in [0.25, 0.3) is 0 Å². The van der Waals surface area contributed by atoms with E-state index in [1.807, 2.05) is 6.92 Å². The standard InChI is InChI=1S/C16H19N3O4/c1-3-8-17-16(21)15-9-14(23-19-15)10-22-13-6-4-12(5-7-13)18-11(2)20/h4-7,9H,3,8,10H2,1-2H3,(H,17,21)(H,18,20). The van der Waals surface area contributed by atoms with E-state index in [4.69, 9.17) is 9.26 Å². The van der Waals surface area contributed by atoms with Gasteiger partial charge in [-0.15, -0.1) is 0 Å². The molecule has 0 saturated carbocycles. The van der Waals surface area contributed by atoms with E-state index in [9.17, 15) is 9.59 Å². The summed E-state index contributed by atoms with van der Waals surface area (Å²) in [4.78, 5) is 22.6. The third kappa shape index (κ3) is 5.14. The Bertz CT molecular complexity index is 664. The molecule has 0 unspecified atom stereocenters.